The van der Waals surface area contributed by atoms with Crippen molar-refractivity contribution in [3.05, 3.63) is 59.1 Å². The van der Waals surface area contributed by atoms with Crippen LogP contribution in [0.5, 0.6) is 0 Å². The van der Waals surface area contributed by atoms with E-state index >= 15 is 0 Å². The Bertz CT molecular complexity index is 774. The fraction of sp³-hybridized carbons (Fsp3) is 0.176. The van der Waals surface area contributed by atoms with E-state index in [2.05, 4.69) is 10.6 Å². The Morgan fingerprint density at radius 2 is 1.50 bits per heavy atom. The second-order valence-corrected chi connectivity index (χ2v) is 6.08. The minimum atomic E-state index is -1.57. The number of para-hydroxylation sites is 1. The molecule has 0 aliphatic heterocycles. The molecule has 0 bridgehead atoms. The van der Waals surface area contributed by atoms with Gasteiger partial charge in [-0.1, -0.05) is 23.7 Å². The lowest BCUT2D eigenvalue weighted by atomic mass is 9.90. The van der Waals surface area contributed by atoms with Gasteiger partial charge in [0.25, 0.3) is 0 Å². The van der Waals surface area contributed by atoms with Crippen molar-refractivity contribution in [1.29, 1.82) is 0 Å². The van der Waals surface area contributed by atoms with Crippen LogP contribution in [0.1, 0.15) is 13.8 Å². The van der Waals surface area contributed by atoms with E-state index in [9.17, 15) is 18.4 Å². The Morgan fingerprint density at radius 1 is 0.958 bits per heavy atom. The van der Waals surface area contributed by atoms with Gasteiger partial charge in [-0.2, -0.15) is 0 Å². The van der Waals surface area contributed by atoms with Gasteiger partial charge >= 0.3 is 0 Å². The number of hydrogen-bond donors (Lipinski definition) is 2. The van der Waals surface area contributed by atoms with E-state index in [1.54, 1.807) is 18.2 Å². The molecule has 2 amide bonds. The van der Waals surface area contributed by atoms with Crippen molar-refractivity contribution in [2.24, 2.45) is 5.41 Å². The first-order valence-corrected chi connectivity index (χ1v) is 7.42. The summed E-state index contributed by atoms with van der Waals surface area (Å²) in [7, 11) is 0. The molecule has 0 aliphatic rings. The molecule has 2 aromatic carbocycles. The Morgan fingerprint density at radius 3 is 2.08 bits per heavy atom. The van der Waals surface area contributed by atoms with E-state index in [0.717, 1.165) is 12.1 Å². The zero-order chi connectivity index (χ0) is 17.9. The number of carbonyl (C=O) groups excluding carboxylic acids is 2. The molecule has 2 rings (SSSR count). The van der Waals surface area contributed by atoms with E-state index in [1.807, 2.05) is 0 Å². The molecule has 7 heteroatoms. The van der Waals surface area contributed by atoms with E-state index in [1.165, 1.54) is 26.0 Å². The number of benzene rings is 2. The summed E-state index contributed by atoms with van der Waals surface area (Å²) in [6, 6.07) is 9.60. The number of halogens is 3. The summed E-state index contributed by atoms with van der Waals surface area (Å²) in [6.07, 6.45) is 0. The van der Waals surface area contributed by atoms with Crippen molar-refractivity contribution in [1.82, 2.24) is 0 Å². The predicted molar refractivity (Wildman–Crippen MR) is 88.9 cm³/mol. The van der Waals surface area contributed by atoms with Crippen molar-refractivity contribution in [2.75, 3.05) is 10.6 Å². The third kappa shape index (κ3) is 3.89. The van der Waals surface area contributed by atoms with Crippen LogP contribution in [0, 0.1) is 17.0 Å². The topological polar surface area (TPSA) is 58.2 Å². The van der Waals surface area contributed by atoms with Crippen molar-refractivity contribution < 1.29 is 18.4 Å². The lowest BCUT2D eigenvalue weighted by molar-refractivity contribution is -0.135. The maximum absolute atomic E-state index is 13.6. The van der Waals surface area contributed by atoms with Crippen LogP contribution in [-0.4, -0.2) is 11.8 Å². The van der Waals surface area contributed by atoms with Crippen molar-refractivity contribution >= 4 is 34.8 Å². The summed E-state index contributed by atoms with van der Waals surface area (Å²) in [4.78, 5) is 24.7. The van der Waals surface area contributed by atoms with Gasteiger partial charge in [-0.3, -0.25) is 9.59 Å². The lowest BCUT2D eigenvalue weighted by Crippen LogP contribution is -2.41. The van der Waals surface area contributed by atoms with Crippen LogP contribution in [0.3, 0.4) is 0 Å². The highest BCUT2D eigenvalue weighted by molar-refractivity contribution is 6.31. The standard InChI is InChI=1S/C17H15ClF2N2O2/c1-17(2,15(23)21-11-6-3-5-10(18)9-11)16(24)22-14-12(19)7-4-8-13(14)20/h3-9H,1-2H3,(H,21,23)(H,22,24). The Kier molecular flexibility index (Phi) is 5.19. The number of amides is 2. The minimum absolute atomic E-state index is 0.408. The van der Waals surface area contributed by atoms with Crippen LogP contribution in [-0.2, 0) is 9.59 Å². The van der Waals surface area contributed by atoms with E-state index < -0.39 is 34.6 Å². The average Bonchev–Trinajstić information content (AvgIpc) is 2.50. The molecule has 2 N–H and O–H groups in total. The van der Waals surface area contributed by atoms with Crippen LogP contribution in [0.4, 0.5) is 20.2 Å². The average molecular weight is 353 g/mol. The summed E-state index contributed by atoms with van der Waals surface area (Å²) in [5, 5.41) is 5.09. The maximum Gasteiger partial charge on any atom is 0.239 e. The highest BCUT2D eigenvalue weighted by Gasteiger charge is 2.37. The van der Waals surface area contributed by atoms with Gasteiger partial charge in [0.05, 0.1) is 0 Å². The normalized spacial score (nSPS) is 11.0. The van der Waals surface area contributed by atoms with Gasteiger partial charge in [0.2, 0.25) is 11.8 Å². The number of hydrogen-bond acceptors (Lipinski definition) is 2. The fourth-order valence-corrected chi connectivity index (χ4v) is 2.03. The molecular formula is C17H15ClF2N2O2. The molecule has 0 radical (unpaired) electrons. The maximum atomic E-state index is 13.6. The zero-order valence-electron chi connectivity index (χ0n) is 13.0. The van der Waals surface area contributed by atoms with Crippen LogP contribution < -0.4 is 10.6 Å². The Balaban J connectivity index is 2.16. The Labute approximate surface area is 142 Å². The first kappa shape index (κ1) is 17.9. The monoisotopic (exact) mass is 352 g/mol. The van der Waals surface area contributed by atoms with Gasteiger partial charge in [0, 0.05) is 10.7 Å². The summed E-state index contributed by atoms with van der Waals surface area (Å²) >= 11 is 5.83. The second-order valence-electron chi connectivity index (χ2n) is 5.64. The van der Waals surface area contributed by atoms with Crippen LogP contribution in [0.25, 0.3) is 0 Å². The quantitative estimate of drug-likeness (QED) is 0.809. The lowest BCUT2D eigenvalue weighted by Gasteiger charge is -2.23. The predicted octanol–water partition coefficient (Wildman–Crippen LogP) is 4.22. The molecule has 0 aliphatic carbocycles. The van der Waals surface area contributed by atoms with Gasteiger partial charge in [0.1, 0.15) is 22.7 Å². The molecule has 0 unspecified atom stereocenters. The first-order valence-electron chi connectivity index (χ1n) is 7.04. The summed E-state index contributed by atoms with van der Waals surface area (Å²) in [6.45, 7) is 2.70. The molecule has 0 spiro atoms. The molecule has 0 atom stereocenters. The summed E-state index contributed by atoms with van der Waals surface area (Å²) < 4.78 is 27.2. The fourth-order valence-electron chi connectivity index (χ4n) is 1.84. The van der Waals surface area contributed by atoms with E-state index in [-0.39, 0.29) is 0 Å². The molecule has 0 saturated carbocycles. The third-order valence-corrected chi connectivity index (χ3v) is 3.65. The molecule has 24 heavy (non-hydrogen) atoms. The van der Waals surface area contributed by atoms with Gasteiger partial charge in [0.15, 0.2) is 0 Å². The minimum Gasteiger partial charge on any atom is -0.325 e. The molecular weight excluding hydrogens is 338 g/mol. The van der Waals surface area contributed by atoms with Gasteiger partial charge < -0.3 is 10.6 Å². The SMILES string of the molecule is CC(C)(C(=O)Nc1cccc(Cl)c1)C(=O)Nc1c(F)cccc1F. The van der Waals surface area contributed by atoms with Crippen molar-refractivity contribution in [3.63, 3.8) is 0 Å². The van der Waals surface area contributed by atoms with E-state index in [4.69, 9.17) is 11.6 Å². The van der Waals surface area contributed by atoms with Gasteiger partial charge in [-0.25, -0.2) is 8.78 Å². The number of nitrogens with one attached hydrogen (secondary N) is 2. The molecule has 4 nitrogen and oxygen atoms in total. The smallest absolute Gasteiger partial charge is 0.239 e. The van der Waals surface area contributed by atoms with Gasteiger partial charge in [-0.05, 0) is 44.2 Å². The van der Waals surface area contributed by atoms with Crippen LogP contribution in [0.15, 0.2) is 42.5 Å². The highest BCUT2D eigenvalue weighted by Crippen LogP contribution is 2.25. The Hall–Kier alpha value is -2.47. The molecule has 0 heterocycles. The second kappa shape index (κ2) is 6.97. The van der Waals surface area contributed by atoms with Crippen LogP contribution >= 0.6 is 11.6 Å². The number of rotatable bonds is 4. The van der Waals surface area contributed by atoms with Crippen molar-refractivity contribution in [3.8, 4) is 0 Å². The largest absolute Gasteiger partial charge is 0.325 e. The molecule has 2 aromatic rings. The van der Waals surface area contributed by atoms with Crippen LogP contribution in [0.2, 0.25) is 5.02 Å². The van der Waals surface area contributed by atoms with Gasteiger partial charge in [-0.15, -0.1) is 0 Å². The molecule has 0 aromatic heterocycles. The zero-order valence-corrected chi connectivity index (χ0v) is 13.7. The summed E-state index contributed by atoms with van der Waals surface area (Å²) in [5.74, 6) is -3.33. The summed E-state index contributed by atoms with van der Waals surface area (Å²) in [5.41, 5.74) is -1.76. The van der Waals surface area contributed by atoms with E-state index in [0.29, 0.717) is 10.7 Å². The highest BCUT2D eigenvalue weighted by atomic mass is 35.5. The number of carbonyl (C=O) groups is 2. The molecule has 126 valence electrons. The third-order valence-electron chi connectivity index (χ3n) is 3.42. The molecule has 0 saturated heterocycles. The first-order chi connectivity index (χ1) is 11.2. The molecule has 0 fully saturated rings. The number of anilines is 2. The van der Waals surface area contributed by atoms with Crippen molar-refractivity contribution in [2.45, 2.75) is 13.8 Å².